The van der Waals surface area contributed by atoms with Crippen LogP contribution in [0.25, 0.3) is 0 Å². The maximum absolute atomic E-state index is 13.5. The zero-order chi connectivity index (χ0) is 10.9. The number of halogens is 1. The summed E-state index contributed by atoms with van der Waals surface area (Å²) in [4.78, 5) is 0. The fraction of sp³-hybridized carbons (Fsp3) is 0.455. The van der Waals surface area contributed by atoms with Gasteiger partial charge in [-0.1, -0.05) is 0 Å². The summed E-state index contributed by atoms with van der Waals surface area (Å²) in [5.41, 5.74) is 5.95. The van der Waals surface area contributed by atoms with E-state index in [0.717, 1.165) is 19.3 Å². The Labute approximate surface area is 88.1 Å². The molecule has 0 unspecified atom stereocenters. The van der Waals surface area contributed by atoms with Crippen molar-refractivity contribution in [3.63, 3.8) is 0 Å². The van der Waals surface area contributed by atoms with Crippen molar-refractivity contribution in [2.75, 3.05) is 17.7 Å². The van der Waals surface area contributed by atoms with E-state index in [0.29, 0.717) is 11.4 Å². The molecule has 1 aliphatic rings. The van der Waals surface area contributed by atoms with Crippen LogP contribution in [0.4, 0.5) is 15.8 Å². The molecule has 82 valence electrons. The van der Waals surface area contributed by atoms with E-state index in [1.807, 2.05) is 0 Å². The Kier molecular flexibility index (Phi) is 2.52. The number of rotatable bonds is 3. The van der Waals surface area contributed by atoms with Crippen LogP contribution in [0.1, 0.15) is 19.3 Å². The average Bonchev–Trinajstić information content (AvgIpc) is 2.14. The number of nitrogen functional groups attached to an aromatic ring is 1. The number of nitrogens with two attached hydrogens (primary N) is 1. The number of anilines is 2. The Morgan fingerprint density at radius 2 is 2.20 bits per heavy atom. The summed E-state index contributed by atoms with van der Waals surface area (Å²) < 4.78 is 13.5. The fourth-order valence-corrected chi connectivity index (χ4v) is 1.84. The van der Waals surface area contributed by atoms with Crippen molar-refractivity contribution in [3.05, 3.63) is 24.0 Å². The largest absolute Gasteiger partial charge is 0.399 e. The zero-order valence-corrected chi connectivity index (χ0v) is 8.46. The quantitative estimate of drug-likeness (QED) is 0.666. The van der Waals surface area contributed by atoms with E-state index in [1.165, 1.54) is 6.07 Å². The SMILES string of the molecule is Nc1ccc(NC2(CO)CCC2)c(F)c1. The minimum atomic E-state index is -0.366. The highest BCUT2D eigenvalue weighted by atomic mass is 19.1. The maximum atomic E-state index is 13.5. The Balaban J connectivity index is 2.16. The normalized spacial score (nSPS) is 18.3. The van der Waals surface area contributed by atoms with E-state index in [-0.39, 0.29) is 18.0 Å². The van der Waals surface area contributed by atoms with Crippen LogP contribution in [0.5, 0.6) is 0 Å². The molecule has 1 aromatic carbocycles. The van der Waals surface area contributed by atoms with Crippen molar-refractivity contribution in [1.82, 2.24) is 0 Å². The predicted molar refractivity (Wildman–Crippen MR) is 58.1 cm³/mol. The Morgan fingerprint density at radius 3 is 2.67 bits per heavy atom. The summed E-state index contributed by atoms with van der Waals surface area (Å²) in [6.45, 7) is 0.0385. The molecule has 0 atom stereocenters. The van der Waals surface area contributed by atoms with E-state index < -0.39 is 0 Å². The second kappa shape index (κ2) is 3.70. The Bertz CT molecular complexity index is 358. The molecule has 0 radical (unpaired) electrons. The lowest BCUT2D eigenvalue weighted by Gasteiger charge is -2.41. The van der Waals surface area contributed by atoms with Crippen molar-refractivity contribution in [2.45, 2.75) is 24.8 Å². The lowest BCUT2D eigenvalue weighted by Crippen LogP contribution is -2.48. The van der Waals surface area contributed by atoms with Crippen molar-refractivity contribution in [3.8, 4) is 0 Å². The molecule has 0 saturated heterocycles. The molecule has 1 saturated carbocycles. The first-order valence-electron chi connectivity index (χ1n) is 5.09. The number of hydrogen-bond acceptors (Lipinski definition) is 3. The molecule has 0 spiro atoms. The van der Waals surface area contributed by atoms with Gasteiger partial charge in [0.05, 0.1) is 17.8 Å². The van der Waals surface area contributed by atoms with Crippen LogP contribution in [0.2, 0.25) is 0 Å². The van der Waals surface area contributed by atoms with Gasteiger partial charge in [-0.2, -0.15) is 0 Å². The highest BCUT2D eigenvalue weighted by Gasteiger charge is 2.36. The van der Waals surface area contributed by atoms with Crippen LogP contribution >= 0.6 is 0 Å². The van der Waals surface area contributed by atoms with Gasteiger partial charge in [0.1, 0.15) is 5.82 Å². The molecule has 2 rings (SSSR count). The van der Waals surface area contributed by atoms with E-state index in [2.05, 4.69) is 5.32 Å². The van der Waals surface area contributed by atoms with Gasteiger partial charge in [-0.3, -0.25) is 0 Å². The summed E-state index contributed by atoms with van der Waals surface area (Å²) >= 11 is 0. The lowest BCUT2D eigenvalue weighted by molar-refractivity contribution is 0.144. The molecular weight excluding hydrogens is 195 g/mol. The molecule has 3 nitrogen and oxygen atoms in total. The standard InChI is InChI=1S/C11H15FN2O/c12-9-6-8(13)2-3-10(9)14-11(7-15)4-1-5-11/h2-3,6,14-15H,1,4-5,7,13H2. The summed E-state index contributed by atoms with van der Waals surface area (Å²) in [6.07, 6.45) is 2.84. The van der Waals surface area contributed by atoms with E-state index >= 15 is 0 Å². The summed E-state index contributed by atoms with van der Waals surface area (Å²) in [6, 6.07) is 4.54. The van der Waals surface area contributed by atoms with Crippen molar-refractivity contribution < 1.29 is 9.50 Å². The van der Waals surface area contributed by atoms with Gasteiger partial charge in [0.2, 0.25) is 0 Å². The van der Waals surface area contributed by atoms with E-state index in [4.69, 9.17) is 5.73 Å². The Hall–Kier alpha value is -1.29. The van der Waals surface area contributed by atoms with Crippen molar-refractivity contribution in [1.29, 1.82) is 0 Å². The van der Waals surface area contributed by atoms with Gasteiger partial charge in [0, 0.05) is 5.69 Å². The number of hydrogen-bond donors (Lipinski definition) is 3. The second-order valence-corrected chi connectivity index (χ2v) is 4.16. The topological polar surface area (TPSA) is 58.3 Å². The first kappa shape index (κ1) is 10.2. The first-order valence-corrected chi connectivity index (χ1v) is 5.09. The predicted octanol–water partition coefficient (Wildman–Crippen LogP) is 1.73. The highest BCUT2D eigenvalue weighted by Crippen LogP contribution is 2.35. The van der Waals surface area contributed by atoms with Crippen LogP contribution in [-0.2, 0) is 0 Å². The third kappa shape index (κ3) is 1.90. The minimum absolute atomic E-state index is 0.0385. The molecule has 0 bridgehead atoms. The zero-order valence-electron chi connectivity index (χ0n) is 8.46. The molecule has 0 amide bonds. The third-order valence-corrected chi connectivity index (χ3v) is 3.01. The van der Waals surface area contributed by atoms with Crippen molar-refractivity contribution in [2.24, 2.45) is 0 Å². The maximum Gasteiger partial charge on any atom is 0.148 e. The smallest absolute Gasteiger partial charge is 0.148 e. The molecular formula is C11H15FN2O. The molecule has 1 aromatic rings. The van der Waals surface area contributed by atoms with Crippen LogP contribution < -0.4 is 11.1 Å². The molecule has 15 heavy (non-hydrogen) atoms. The summed E-state index contributed by atoms with van der Waals surface area (Å²) in [5.74, 6) is -0.366. The molecule has 1 fully saturated rings. The number of nitrogens with one attached hydrogen (secondary N) is 1. The van der Waals surface area contributed by atoms with Gasteiger partial charge in [0.25, 0.3) is 0 Å². The highest BCUT2D eigenvalue weighted by molar-refractivity contribution is 5.54. The lowest BCUT2D eigenvalue weighted by atomic mass is 9.77. The Morgan fingerprint density at radius 1 is 1.47 bits per heavy atom. The molecule has 0 aromatic heterocycles. The second-order valence-electron chi connectivity index (χ2n) is 4.16. The average molecular weight is 210 g/mol. The monoisotopic (exact) mass is 210 g/mol. The van der Waals surface area contributed by atoms with Crippen LogP contribution in [-0.4, -0.2) is 17.3 Å². The fourth-order valence-electron chi connectivity index (χ4n) is 1.84. The molecule has 4 heteroatoms. The molecule has 0 heterocycles. The number of aliphatic hydroxyl groups is 1. The summed E-state index contributed by atoms with van der Waals surface area (Å²) in [5, 5.41) is 12.3. The van der Waals surface area contributed by atoms with Crippen LogP contribution in [0.3, 0.4) is 0 Å². The third-order valence-electron chi connectivity index (χ3n) is 3.01. The number of benzene rings is 1. The van der Waals surface area contributed by atoms with Gasteiger partial charge in [-0.25, -0.2) is 4.39 Å². The van der Waals surface area contributed by atoms with Gasteiger partial charge in [-0.05, 0) is 37.5 Å². The van der Waals surface area contributed by atoms with Gasteiger partial charge >= 0.3 is 0 Å². The van der Waals surface area contributed by atoms with Crippen molar-refractivity contribution >= 4 is 11.4 Å². The van der Waals surface area contributed by atoms with E-state index in [1.54, 1.807) is 12.1 Å². The molecule has 0 aliphatic heterocycles. The van der Waals surface area contributed by atoms with Gasteiger partial charge < -0.3 is 16.2 Å². The number of aliphatic hydroxyl groups excluding tert-OH is 1. The summed E-state index contributed by atoms with van der Waals surface area (Å²) in [7, 11) is 0. The molecule has 1 aliphatic carbocycles. The molecule has 4 N–H and O–H groups in total. The van der Waals surface area contributed by atoms with Gasteiger partial charge in [0.15, 0.2) is 0 Å². The van der Waals surface area contributed by atoms with Crippen LogP contribution in [0, 0.1) is 5.82 Å². The van der Waals surface area contributed by atoms with Gasteiger partial charge in [-0.15, -0.1) is 0 Å². The van der Waals surface area contributed by atoms with E-state index in [9.17, 15) is 9.50 Å². The first-order chi connectivity index (χ1) is 7.15. The van der Waals surface area contributed by atoms with Crippen LogP contribution in [0.15, 0.2) is 18.2 Å². The minimum Gasteiger partial charge on any atom is -0.399 e.